The lowest BCUT2D eigenvalue weighted by Gasteiger charge is -2.28. The van der Waals surface area contributed by atoms with Gasteiger partial charge < -0.3 is 20.3 Å². The van der Waals surface area contributed by atoms with E-state index in [0.717, 1.165) is 45.4 Å². The van der Waals surface area contributed by atoms with Crippen LogP contribution < -0.4 is 5.73 Å². The summed E-state index contributed by atoms with van der Waals surface area (Å²) < 4.78 is 5.30. The van der Waals surface area contributed by atoms with Crippen molar-refractivity contribution in [2.75, 3.05) is 46.4 Å². The molecule has 1 aliphatic heterocycles. The lowest BCUT2D eigenvalue weighted by molar-refractivity contribution is 0.0674. The van der Waals surface area contributed by atoms with Crippen molar-refractivity contribution < 1.29 is 4.74 Å². The molecule has 0 bridgehead atoms. The Labute approximate surface area is 110 Å². The van der Waals surface area contributed by atoms with E-state index in [0.29, 0.717) is 5.96 Å². The second kappa shape index (κ2) is 6.95. The average molecular weight is 254 g/mol. The summed E-state index contributed by atoms with van der Waals surface area (Å²) >= 11 is 0. The third-order valence-corrected chi connectivity index (χ3v) is 4.01. The fourth-order valence-electron chi connectivity index (χ4n) is 2.74. The minimum absolute atomic E-state index is 0.679. The minimum atomic E-state index is 0.679. The largest absolute Gasteiger partial charge is 0.378 e. The zero-order valence-corrected chi connectivity index (χ0v) is 11.5. The molecule has 5 nitrogen and oxygen atoms in total. The number of hydrogen-bond acceptors (Lipinski definition) is 3. The molecule has 1 aliphatic carbocycles. The van der Waals surface area contributed by atoms with Crippen LogP contribution in [-0.4, -0.2) is 68.2 Å². The van der Waals surface area contributed by atoms with Gasteiger partial charge in [-0.1, -0.05) is 12.8 Å². The van der Waals surface area contributed by atoms with Crippen LogP contribution in [0, 0.1) is 0 Å². The molecular formula is C13H26N4O. The second-order valence-electron chi connectivity index (χ2n) is 5.26. The minimum Gasteiger partial charge on any atom is -0.378 e. The molecular weight excluding hydrogens is 228 g/mol. The SMILES string of the molecule is CN(CCN=C(N)N1CCOCC1)C1CCCC1. The van der Waals surface area contributed by atoms with E-state index >= 15 is 0 Å². The molecule has 0 aromatic heterocycles. The number of rotatable bonds is 4. The van der Waals surface area contributed by atoms with Gasteiger partial charge in [-0.25, -0.2) is 0 Å². The summed E-state index contributed by atoms with van der Waals surface area (Å²) in [6.45, 7) is 5.07. The van der Waals surface area contributed by atoms with Crippen molar-refractivity contribution in [2.24, 2.45) is 10.7 Å². The highest BCUT2D eigenvalue weighted by molar-refractivity contribution is 5.78. The molecule has 0 amide bonds. The summed E-state index contributed by atoms with van der Waals surface area (Å²) in [6.07, 6.45) is 5.46. The highest BCUT2D eigenvalue weighted by Crippen LogP contribution is 2.21. The van der Waals surface area contributed by atoms with Crippen LogP contribution in [0.25, 0.3) is 0 Å². The number of nitrogens with zero attached hydrogens (tertiary/aromatic N) is 3. The number of guanidine groups is 1. The summed E-state index contributed by atoms with van der Waals surface area (Å²) in [5.74, 6) is 0.679. The van der Waals surface area contributed by atoms with Crippen LogP contribution >= 0.6 is 0 Å². The van der Waals surface area contributed by atoms with Crippen molar-refractivity contribution in [3.05, 3.63) is 0 Å². The summed E-state index contributed by atoms with van der Waals surface area (Å²) in [4.78, 5) is 9.03. The topological polar surface area (TPSA) is 54.1 Å². The quantitative estimate of drug-likeness (QED) is 0.586. The first kappa shape index (κ1) is 13.6. The van der Waals surface area contributed by atoms with Crippen LogP contribution in [0.1, 0.15) is 25.7 Å². The maximum Gasteiger partial charge on any atom is 0.191 e. The average Bonchev–Trinajstić information content (AvgIpc) is 2.93. The smallest absolute Gasteiger partial charge is 0.191 e. The maximum absolute atomic E-state index is 5.99. The van der Waals surface area contributed by atoms with Crippen LogP contribution in [0.15, 0.2) is 4.99 Å². The molecule has 2 fully saturated rings. The van der Waals surface area contributed by atoms with Gasteiger partial charge in [-0.05, 0) is 19.9 Å². The number of likely N-dealkylation sites (N-methyl/N-ethyl adjacent to an activating group) is 1. The number of ether oxygens (including phenoxy) is 1. The van der Waals surface area contributed by atoms with Crippen LogP contribution in [-0.2, 0) is 4.74 Å². The Bertz CT molecular complexity index is 270. The van der Waals surface area contributed by atoms with Crippen LogP contribution in [0.2, 0.25) is 0 Å². The molecule has 0 spiro atoms. The molecule has 0 radical (unpaired) electrons. The Morgan fingerprint density at radius 2 is 2.00 bits per heavy atom. The van der Waals surface area contributed by atoms with E-state index in [1.807, 2.05) is 0 Å². The van der Waals surface area contributed by atoms with E-state index in [-0.39, 0.29) is 0 Å². The molecule has 104 valence electrons. The number of nitrogens with two attached hydrogens (primary N) is 1. The molecule has 2 aliphatic rings. The monoisotopic (exact) mass is 254 g/mol. The lowest BCUT2D eigenvalue weighted by Crippen LogP contribution is -2.45. The first-order chi connectivity index (χ1) is 8.77. The summed E-state index contributed by atoms with van der Waals surface area (Å²) in [6, 6.07) is 0.768. The Kier molecular flexibility index (Phi) is 5.26. The van der Waals surface area contributed by atoms with Gasteiger partial charge in [-0.2, -0.15) is 0 Å². The molecule has 1 heterocycles. The van der Waals surface area contributed by atoms with Crippen molar-refractivity contribution >= 4 is 5.96 Å². The Hall–Kier alpha value is -0.810. The Morgan fingerprint density at radius 1 is 1.33 bits per heavy atom. The predicted octanol–water partition coefficient (Wildman–Crippen LogP) is 0.508. The highest BCUT2D eigenvalue weighted by Gasteiger charge is 2.19. The van der Waals surface area contributed by atoms with E-state index < -0.39 is 0 Å². The summed E-state index contributed by atoms with van der Waals surface area (Å²) in [5, 5.41) is 0. The van der Waals surface area contributed by atoms with E-state index in [1.165, 1.54) is 25.7 Å². The number of morpholine rings is 1. The molecule has 0 atom stereocenters. The zero-order valence-electron chi connectivity index (χ0n) is 11.5. The van der Waals surface area contributed by atoms with Gasteiger partial charge in [0.15, 0.2) is 5.96 Å². The van der Waals surface area contributed by atoms with Gasteiger partial charge in [0.2, 0.25) is 0 Å². The van der Waals surface area contributed by atoms with E-state index in [4.69, 9.17) is 10.5 Å². The number of hydrogen-bond donors (Lipinski definition) is 1. The highest BCUT2D eigenvalue weighted by atomic mass is 16.5. The number of aliphatic imine (C=N–C) groups is 1. The van der Waals surface area contributed by atoms with Crippen molar-refractivity contribution in [1.82, 2.24) is 9.80 Å². The van der Waals surface area contributed by atoms with Crippen LogP contribution in [0.4, 0.5) is 0 Å². The molecule has 1 saturated carbocycles. The van der Waals surface area contributed by atoms with Crippen molar-refractivity contribution in [3.8, 4) is 0 Å². The standard InChI is InChI=1S/C13H26N4O/c1-16(12-4-2-3-5-12)7-6-15-13(14)17-8-10-18-11-9-17/h12H,2-11H2,1H3,(H2,14,15). The van der Waals surface area contributed by atoms with Gasteiger partial charge in [0.05, 0.1) is 19.8 Å². The van der Waals surface area contributed by atoms with Crippen LogP contribution in [0.3, 0.4) is 0 Å². The van der Waals surface area contributed by atoms with Crippen molar-refractivity contribution in [1.29, 1.82) is 0 Å². The van der Waals surface area contributed by atoms with Crippen LogP contribution in [0.5, 0.6) is 0 Å². The lowest BCUT2D eigenvalue weighted by atomic mass is 10.2. The van der Waals surface area contributed by atoms with Gasteiger partial charge in [0.25, 0.3) is 0 Å². The molecule has 1 saturated heterocycles. The maximum atomic E-state index is 5.99. The van der Waals surface area contributed by atoms with E-state index in [9.17, 15) is 0 Å². The van der Waals surface area contributed by atoms with Crippen molar-refractivity contribution in [3.63, 3.8) is 0 Å². The molecule has 2 N–H and O–H groups in total. The fourth-order valence-corrected chi connectivity index (χ4v) is 2.74. The molecule has 0 aromatic rings. The Balaban J connectivity index is 1.68. The molecule has 5 heteroatoms. The summed E-state index contributed by atoms with van der Waals surface area (Å²) in [5.41, 5.74) is 5.99. The summed E-state index contributed by atoms with van der Waals surface area (Å²) in [7, 11) is 2.20. The molecule has 18 heavy (non-hydrogen) atoms. The van der Waals surface area contributed by atoms with Gasteiger partial charge in [0, 0.05) is 25.7 Å². The molecule has 0 aromatic carbocycles. The van der Waals surface area contributed by atoms with Crippen molar-refractivity contribution in [2.45, 2.75) is 31.7 Å². The van der Waals surface area contributed by atoms with E-state index in [1.54, 1.807) is 0 Å². The van der Waals surface area contributed by atoms with Gasteiger partial charge in [0.1, 0.15) is 0 Å². The first-order valence-corrected chi connectivity index (χ1v) is 7.10. The fraction of sp³-hybridized carbons (Fsp3) is 0.923. The third-order valence-electron chi connectivity index (χ3n) is 4.01. The normalized spacial score (nSPS) is 23.0. The second-order valence-corrected chi connectivity index (χ2v) is 5.26. The Morgan fingerprint density at radius 3 is 2.67 bits per heavy atom. The van der Waals surface area contributed by atoms with Gasteiger partial charge in [-0.15, -0.1) is 0 Å². The van der Waals surface area contributed by atoms with Gasteiger partial charge in [-0.3, -0.25) is 4.99 Å². The van der Waals surface area contributed by atoms with E-state index in [2.05, 4.69) is 21.8 Å². The zero-order chi connectivity index (χ0) is 12.8. The third kappa shape index (κ3) is 3.85. The molecule has 0 unspecified atom stereocenters. The first-order valence-electron chi connectivity index (χ1n) is 7.10. The molecule has 2 rings (SSSR count). The van der Waals surface area contributed by atoms with Gasteiger partial charge >= 0.3 is 0 Å². The predicted molar refractivity (Wildman–Crippen MR) is 73.8 cm³/mol.